The highest BCUT2D eigenvalue weighted by atomic mass is 19.4. The molecule has 0 saturated carbocycles. The predicted molar refractivity (Wildman–Crippen MR) is 32.1 cm³/mol. The van der Waals surface area contributed by atoms with Crippen molar-refractivity contribution in [1.29, 1.82) is 0 Å². The molecule has 0 bridgehead atoms. The van der Waals surface area contributed by atoms with Gasteiger partial charge in [-0.1, -0.05) is 5.16 Å². The molecule has 1 N–H and O–H groups in total. The fraction of sp³-hybridized carbons (Fsp3) is 0.600. The van der Waals surface area contributed by atoms with Gasteiger partial charge in [-0.2, -0.15) is 18.2 Å². The Morgan fingerprint density at radius 1 is 1.50 bits per heavy atom. The first-order valence-electron chi connectivity index (χ1n) is 3.10. The maximum absolute atomic E-state index is 11.6. The van der Waals surface area contributed by atoms with Crippen LogP contribution in [0, 0.1) is 0 Å². The first-order chi connectivity index (χ1) is 5.58. The van der Waals surface area contributed by atoms with Crippen LogP contribution in [0.4, 0.5) is 13.2 Å². The van der Waals surface area contributed by atoms with Gasteiger partial charge in [0, 0.05) is 0 Å². The van der Waals surface area contributed by atoms with E-state index in [2.05, 4.69) is 20.0 Å². The highest BCUT2D eigenvalue weighted by molar-refractivity contribution is 4.76. The lowest BCUT2D eigenvalue weighted by atomic mass is 10.5. The normalized spacial score (nSPS) is 11.9. The summed E-state index contributed by atoms with van der Waals surface area (Å²) in [7, 11) is 0. The fourth-order valence-corrected chi connectivity index (χ4v) is 0.586. The molecule has 1 aromatic rings. The molecule has 0 atom stereocenters. The number of nitrogens with zero attached hydrogens (tertiary/aromatic N) is 2. The number of aromatic nitrogens is 2. The molecule has 12 heavy (non-hydrogen) atoms. The van der Waals surface area contributed by atoms with E-state index in [9.17, 15) is 13.2 Å². The van der Waals surface area contributed by atoms with Gasteiger partial charge in [0.05, 0.1) is 13.1 Å². The van der Waals surface area contributed by atoms with Crippen LogP contribution in [-0.4, -0.2) is 22.9 Å². The molecule has 1 rings (SSSR count). The van der Waals surface area contributed by atoms with Crippen molar-refractivity contribution in [1.82, 2.24) is 15.5 Å². The molecule has 0 fully saturated rings. The number of hydrogen-bond donors (Lipinski definition) is 1. The Hall–Kier alpha value is -1.11. The van der Waals surface area contributed by atoms with Crippen LogP contribution in [0.3, 0.4) is 0 Å². The predicted octanol–water partition coefficient (Wildman–Crippen LogP) is 0.721. The zero-order valence-corrected chi connectivity index (χ0v) is 5.93. The summed E-state index contributed by atoms with van der Waals surface area (Å²) in [6.45, 7) is -1.10. The highest BCUT2D eigenvalue weighted by Crippen LogP contribution is 2.12. The van der Waals surface area contributed by atoms with Gasteiger partial charge in [-0.15, -0.1) is 0 Å². The average Bonchev–Trinajstić information content (AvgIpc) is 2.36. The Bertz CT molecular complexity index is 220. The van der Waals surface area contributed by atoms with Crippen LogP contribution in [0.15, 0.2) is 10.9 Å². The maximum Gasteiger partial charge on any atom is 0.401 e. The number of halogens is 3. The van der Waals surface area contributed by atoms with E-state index in [0.29, 0.717) is 0 Å². The van der Waals surface area contributed by atoms with E-state index in [0.717, 1.165) is 6.39 Å². The Labute approximate surface area is 65.8 Å². The Balaban J connectivity index is 2.20. The Morgan fingerprint density at radius 2 is 2.25 bits per heavy atom. The highest BCUT2D eigenvalue weighted by Gasteiger charge is 2.26. The van der Waals surface area contributed by atoms with Crippen molar-refractivity contribution in [2.45, 2.75) is 12.7 Å². The van der Waals surface area contributed by atoms with Gasteiger partial charge in [0.25, 0.3) is 0 Å². The smallest absolute Gasteiger partial charge is 0.343 e. The summed E-state index contributed by atoms with van der Waals surface area (Å²) in [4.78, 5) is 3.53. The van der Waals surface area contributed by atoms with Crippen LogP contribution in [0.1, 0.15) is 5.82 Å². The van der Waals surface area contributed by atoms with E-state index in [4.69, 9.17) is 0 Å². The van der Waals surface area contributed by atoms with E-state index < -0.39 is 12.7 Å². The summed E-state index contributed by atoms with van der Waals surface area (Å²) in [5, 5.41) is 5.44. The third-order valence-corrected chi connectivity index (χ3v) is 1.02. The minimum atomic E-state index is -4.20. The van der Waals surface area contributed by atoms with Crippen molar-refractivity contribution >= 4 is 0 Å². The van der Waals surface area contributed by atoms with Gasteiger partial charge in [0.15, 0.2) is 5.82 Å². The molecule has 0 aliphatic heterocycles. The minimum Gasteiger partial charge on any atom is -0.343 e. The molecular weight excluding hydrogens is 175 g/mol. The van der Waals surface area contributed by atoms with Crippen molar-refractivity contribution in [3.05, 3.63) is 12.2 Å². The van der Waals surface area contributed by atoms with Crippen molar-refractivity contribution in [2.75, 3.05) is 6.54 Å². The van der Waals surface area contributed by atoms with Gasteiger partial charge < -0.3 is 9.84 Å². The number of hydrogen-bond acceptors (Lipinski definition) is 4. The van der Waals surface area contributed by atoms with Crippen molar-refractivity contribution in [3.8, 4) is 0 Å². The first-order valence-corrected chi connectivity index (χ1v) is 3.10. The van der Waals surface area contributed by atoms with Crippen LogP contribution in [0.25, 0.3) is 0 Å². The number of rotatable bonds is 3. The molecule has 7 heteroatoms. The summed E-state index contributed by atoms with van der Waals surface area (Å²) in [5.41, 5.74) is 0. The van der Waals surface area contributed by atoms with Gasteiger partial charge in [-0.3, -0.25) is 0 Å². The lowest BCUT2D eigenvalue weighted by Crippen LogP contribution is -2.28. The zero-order valence-electron chi connectivity index (χ0n) is 5.93. The summed E-state index contributed by atoms with van der Waals surface area (Å²) in [5.74, 6) is 0.208. The summed E-state index contributed by atoms with van der Waals surface area (Å²) in [6.07, 6.45) is -3.14. The van der Waals surface area contributed by atoms with Crippen LogP contribution in [-0.2, 0) is 6.54 Å². The standard InChI is InChI=1S/C5H6F3N3O/c6-5(7,8)2-9-1-4-10-3-12-11-4/h3,9H,1-2H2. The molecule has 4 nitrogen and oxygen atoms in total. The lowest BCUT2D eigenvalue weighted by molar-refractivity contribution is -0.125. The van der Waals surface area contributed by atoms with Crippen molar-refractivity contribution < 1.29 is 17.7 Å². The maximum atomic E-state index is 11.6. The molecular formula is C5H6F3N3O. The summed E-state index contributed by atoms with van der Waals surface area (Å²) < 4.78 is 39.0. The second-order valence-electron chi connectivity index (χ2n) is 2.07. The van der Waals surface area contributed by atoms with E-state index in [1.165, 1.54) is 0 Å². The molecule has 0 aliphatic carbocycles. The van der Waals surface area contributed by atoms with Crippen molar-refractivity contribution in [3.63, 3.8) is 0 Å². The van der Waals surface area contributed by atoms with Crippen LogP contribution < -0.4 is 5.32 Å². The third-order valence-electron chi connectivity index (χ3n) is 1.02. The van der Waals surface area contributed by atoms with Gasteiger partial charge in [-0.05, 0) is 0 Å². The summed E-state index contributed by atoms with van der Waals surface area (Å²) in [6, 6.07) is 0. The van der Waals surface area contributed by atoms with Gasteiger partial charge in [0.2, 0.25) is 6.39 Å². The summed E-state index contributed by atoms with van der Waals surface area (Å²) >= 11 is 0. The van der Waals surface area contributed by atoms with Gasteiger partial charge >= 0.3 is 6.18 Å². The van der Waals surface area contributed by atoms with E-state index in [-0.39, 0.29) is 12.4 Å². The Kier molecular flexibility index (Phi) is 2.64. The number of alkyl halides is 3. The monoisotopic (exact) mass is 181 g/mol. The minimum absolute atomic E-state index is 0.0456. The lowest BCUT2D eigenvalue weighted by Gasteiger charge is -2.05. The van der Waals surface area contributed by atoms with E-state index in [1.807, 2.05) is 0 Å². The average molecular weight is 181 g/mol. The van der Waals surface area contributed by atoms with E-state index >= 15 is 0 Å². The van der Waals surface area contributed by atoms with Gasteiger partial charge in [-0.25, -0.2) is 0 Å². The first kappa shape index (κ1) is 8.98. The quantitative estimate of drug-likeness (QED) is 0.746. The van der Waals surface area contributed by atoms with Crippen LogP contribution in [0.2, 0.25) is 0 Å². The second kappa shape index (κ2) is 3.53. The molecule has 0 spiro atoms. The molecule has 0 saturated heterocycles. The number of nitrogens with one attached hydrogen (secondary N) is 1. The largest absolute Gasteiger partial charge is 0.401 e. The molecule has 0 unspecified atom stereocenters. The molecule has 1 aromatic heterocycles. The zero-order chi connectivity index (χ0) is 9.03. The Morgan fingerprint density at radius 3 is 2.75 bits per heavy atom. The molecule has 1 heterocycles. The van der Waals surface area contributed by atoms with Crippen LogP contribution in [0.5, 0.6) is 0 Å². The van der Waals surface area contributed by atoms with Crippen LogP contribution >= 0.6 is 0 Å². The third kappa shape index (κ3) is 3.33. The SMILES string of the molecule is FC(F)(F)CNCc1ncon1. The molecule has 0 aliphatic rings. The molecule has 0 aromatic carbocycles. The van der Waals surface area contributed by atoms with E-state index in [1.54, 1.807) is 0 Å². The fourth-order valence-electron chi connectivity index (χ4n) is 0.586. The molecule has 0 radical (unpaired) electrons. The molecule has 0 amide bonds. The molecule has 68 valence electrons. The van der Waals surface area contributed by atoms with Crippen molar-refractivity contribution in [2.24, 2.45) is 0 Å². The topological polar surface area (TPSA) is 51.0 Å². The van der Waals surface area contributed by atoms with Gasteiger partial charge in [0.1, 0.15) is 0 Å². The second-order valence-corrected chi connectivity index (χ2v) is 2.07.